The largest absolute Gasteiger partial charge is 0.489 e. The second kappa shape index (κ2) is 8.59. The van der Waals surface area contributed by atoms with Gasteiger partial charge in [-0.25, -0.2) is 4.39 Å². The molecule has 7 heteroatoms. The van der Waals surface area contributed by atoms with Crippen molar-refractivity contribution in [1.82, 2.24) is 4.57 Å². The molecule has 154 valence electrons. The molecule has 0 saturated heterocycles. The Morgan fingerprint density at radius 2 is 1.94 bits per heavy atom. The van der Waals surface area contributed by atoms with E-state index in [0.29, 0.717) is 23.1 Å². The maximum atomic E-state index is 13.3. The minimum Gasteiger partial charge on any atom is -0.489 e. The van der Waals surface area contributed by atoms with E-state index in [1.165, 1.54) is 12.1 Å². The Kier molecular flexibility index (Phi) is 5.54. The van der Waals surface area contributed by atoms with Crippen molar-refractivity contribution in [1.29, 1.82) is 5.26 Å². The van der Waals surface area contributed by atoms with Crippen LogP contribution in [-0.4, -0.2) is 10.5 Å². The van der Waals surface area contributed by atoms with Crippen LogP contribution in [0.1, 0.15) is 27.2 Å². The lowest BCUT2D eigenvalue weighted by atomic mass is 10.1. The topological polar surface area (TPSA) is 80.2 Å². The number of carbonyl (C=O) groups is 1. The smallest absolute Gasteiger partial charge is 0.260 e. The second-order valence-corrected chi connectivity index (χ2v) is 6.82. The average Bonchev–Trinajstić information content (AvgIpc) is 3.40. The summed E-state index contributed by atoms with van der Waals surface area (Å²) < 4.78 is 26.2. The average molecular weight is 415 g/mol. The van der Waals surface area contributed by atoms with Gasteiger partial charge in [-0.15, -0.1) is 0 Å². The molecule has 0 fully saturated rings. The molecule has 4 rings (SSSR count). The van der Waals surface area contributed by atoms with Crippen molar-refractivity contribution in [3.8, 4) is 17.7 Å². The molecule has 0 saturated carbocycles. The van der Waals surface area contributed by atoms with Gasteiger partial charge in [0.1, 0.15) is 41.1 Å². The third-order valence-electron chi connectivity index (χ3n) is 4.63. The third-order valence-corrected chi connectivity index (χ3v) is 4.63. The van der Waals surface area contributed by atoms with Crippen molar-refractivity contribution >= 4 is 11.6 Å². The normalized spacial score (nSPS) is 10.5. The van der Waals surface area contributed by atoms with Gasteiger partial charge in [0.05, 0.1) is 0 Å². The lowest BCUT2D eigenvalue weighted by Crippen LogP contribution is -2.14. The first-order chi connectivity index (χ1) is 15.0. The zero-order valence-electron chi connectivity index (χ0n) is 16.6. The minimum absolute atomic E-state index is 0.164. The zero-order chi connectivity index (χ0) is 21.8. The Morgan fingerprint density at radius 3 is 2.68 bits per heavy atom. The number of furan rings is 1. The van der Waals surface area contributed by atoms with Crippen LogP contribution in [0.4, 0.5) is 10.1 Å². The first kappa shape index (κ1) is 20.0. The molecule has 6 nitrogen and oxygen atoms in total. The molecule has 31 heavy (non-hydrogen) atoms. The second-order valence-electron chi connectivity index (χ2n) is 6.82. The van der Waals surface area contributed by atoms with E-state index < -0.39 is 5.91 Å². The highest BCUT2D eigenvalue weighted by Crippen LogP contribution is 2.26. The van der Waals surface area contributed by atoms with E-state index in [1.807, 2.05) is 6.07 Å². The molecule has 0 radical (unpaired) electrons. The summed E-state index contributed by atoms with van der Waals surface area (Å²) in [6, 6.07) is 18.7. The van der Waals surface area contributed by atoms with E-state index in [9.17, 15) is 14.4 Å². The lowest BCUT2D eigenvalue weighted by molar-refractivity contribution is 0.102. The Morgan fingerprint density at radius 1 is 1.16 bits per heavy atom. The Labute approximate surface area is 178 Å². The summed E-state index contributed by atoms with van der Waals surface area (Å²) in [5, 5.41) is 12.4. The number of amides is 1. The molecule has 0 unspecified atom stereocenters. The van der Waals surface area contributed by atoms with E-state index in [0.717, 1.165) is 5.56 Å². The molecule has 0 bridgehead atoms. The number of hydrogen-bond donors (Lipinski definition) is 1. The van der Waals surface area contributed by atoms with Gasteiger partial charge in [0.2, 0.25) is 5.88 Å². The number of halogens is 1. The number of nitrogens with zero attached hydrogens (tertiary/aromatic N) is 2. The quantitative estimate of drug-likeness (QED) is 0.468. The fourth-order valence-electron chi connectivity index (χ4n) is 3.21. The van der Waals surface area contributed by atoms with Crippen molar-refractivity contribution in [2.45, 2.75) is 13.5 Å². The van der Waals surface area contributed by atoms with Gasteiger partial charge in [-0.1, -0.05) is 18.2 Å². The highest BCUT2D eigenvalue weighted by atomic mass is 19.1. The van der Waals surface area contributed by atoms with Crippen LogP contribution >= 0.6 is 0 Å². The Hall–Kier alpha value is -4.31. The number of nitriles is 1. The maximum Gasteiger partial charge on any atom is 0.260 e. The number of aromatic nitrogens is 1. The summed E-state index contributed by atoms with van der Waals surface area (Å²) in [7, 11) is 0. The number of carbonyl (C=O) groups excluding carboxylic acids is 1. The Balaban J connectivity index is 1.52. The van der Waals surface area contributed by atoms with Crippen molar-refractivity contribution in [3.63, 3.8) is 0 Å². The van der Waals surface area contributed by atoms with E-state index in [4.69, 9.17) is 9.15 Å². The molecule has 2 heterocycles. The molecule has 0 aliphatic carbocycles. The number of aryl methyl sites for hydroxylation is 1. The predicted octanol–water partition coefficient (Wildman–Crippen LogP) is 5.22. The molecule has 1 amide bonds. The molecule has 0 spiro atoms. The van der Waals surface area contributed by atoms with E-state index in [1.54, 1.807) is 66.3 Å². The summed E-state index contributed by atoms with van der Waals surface area (Å²) in [5.74, 6) is 0.247. The third kappa shape index (κ3) is 4.33. The van der Waals surface area contributed by atoms with Gasteiger partial charge in [0.15, 0.2) is 0 Å². The van der Waals surface area contributed by atoms with Gasteiger partial charge in [-0.2, -0.15) is 5.26 Å². The molecule has 2 aromatic heterocycles. The van der Waals surface area contributed by atoms with Crippen molar-refractivity contribution in [2.24, 2.45) is 0 Å². The first-order valence-corrected chi connectivity index (χ1v) is 9.50. The number of hydrogen-bond acceptors (Lipinski definition) is 4. The van der Waals surface area contributed by atoms with Crippen LogP contribution in [0.2, 0.25) is 0 Å². The molecular formula is C24H18FN3O3. The van der Waals surface area contributed by atoms with Crippen molar-refractivity contribution in [2.75, 3.05) is 5.32 Å². The van der Waals surface area contributed by atoms with Gasteiger partial charge in [0.25, 0.3) is 5.91 Å². The van der Waals surface area contributed by atoms with E-state index in [2.05, 4.69) is 11.4 Å². The van der Waals surface area contributed by atoms with Crippen LogP contribution in [0.15, 0.2) is 77.5 Å². The minimum atomic E-state index is -0.445. The lowest BCUT2D eigenvalue weighted by Gasteiger charge is -2.09. The van der Waals surface area contributed by atoms with Crippen molar-refractivity contribution in [3.05, 3.63) is 101 Å². The standard InChI is InChI=1S/C24H18FN3O3/c1-16-22(21(14-26)24(31-16)28-10-2-3-11-28)23(29)27-19-8-4-6-17(12-19)15-30-20-9-5-7-18(25)13-20/h2-13H,15H2,1H3,(H,27,29). The van der Waals surface area contributed by atoms with Crippen LogP contribution < -0.4 is 10.1 Å². The van der Waals surface area contributed by atoms with Gasteiger partial charge >= 0.3 is 0 Å². The summed E-state index contributed by atoms with van der Waals surface area (Å²) in [6.07, 6.45) is 3.48. The number of nitrogens with one attached hydrogen (secondary N) is 1. The SMILES string of the molecule is Cc1oc(-n2cccc2)c(C#N)c1C(=O)Nc1cccc(COc2cccc(F)c2)c1. The van der Waals surface area contributed by atoms with Crippen molar-refractivity contribution < 1.29 is 18.3 Å². The highest BCUT2D eigenvalue weighted by Gasteiger charge is 2.24. The van der Waals surface area contributed by atoms with Crippen LogP contribution in [-0.2, 0) is 6.61 Å². The monoisotopic (exact) mass is 415 g/mol. The van der Waals surface area contributed by atoms with Crippen LogP contribution in [0.25, 0.3) is 5.88 Å². The number of benzene rings is 2. The molecule has 1 N–H and O–H groups in total. The highest BCUT2D eigenvalue weighted by molar-refractivity contribution is 6.07. The van der Waals surface area contributed by atoms with Crippen LogP contribution in [0.3, 0.4) is 0 Å². The van der Waals surface area contributed by atoms with Gasteiger partial charge in [-0.05, 0) is 48.9 Å². The fraction of sp³-hybridized carbons (Fsp3) is 0.0833. The molecule has 0 aliphatic rings. The molecule has 2 aromatic carbocycles. The maximum absolute atomic E-state index is 13.3. The summed E-state index contributed by atoms with van der Waals surface area (Å²) >= 11 is 0. The zero-order valence-corrected chi connectivity index (χ0v) is 16.6. The summed E-state index contributed by atoms with van der Waals surface area (Å²) in [4.78, 5) is 12.9. The summed E-state index contributed by atoms with van der Waals surface area (Å²) in [6.45, 7) is 1.85. The molecule has 0 atom stereocenters. The molecule has 0 aliphatic heterocycles. The van der Waals surface area contributed by atoms with Gasteiger partial charge in [-0.3, -0.25) is 9.36 Å². The van der Waals surface area contributed by atoms with Gasteiger partial charge in [0, 0.05) is 24.1 Å². The fourth-order valence-corrected chi connectivity index (χ4v) is 3.21. The number of anilines is 1. The first-order valence-electron chi connectivity index (χ1n) is 9.50. The van der Waals surface area contributed by atoms with Crippen LogP contribution in [0.5, 0.6) is 5.75 Å². The molecular weight excluding hydrogens is 397 g/mol. The number of rotatable bonds is 6. The van der Waals surface area contributed by atoms with E-state index >= 15 is 0 Å². The predicted molar refractivity (Wildman–Crippen MR) is 113 cm³/mol. The molecule has 4 aromatic rings. The van der Waals surface area contributed by atoms with Gasteiger partial charge < -0.3 is 14.5 Å². The number of ether oxygens (including phenoxy) is 1. The summed E-state index contributed by atoms with van der Waals surface area (Å²) in [5.41, 5.74) is 1.68. The van der Waals surface area contributed by atoms with Crippen LogP contribution in [0, 0.1) is 24.1 Å². The van der Waals surface area contributed by atoms with E-state index in [-0.39, 0.29) is 23.6 Å². The Bertz CT molecular complexity index is 1270.